The zero-order valence-corrected chi connectivity index (χ0v) is 12.3. The maximum absolute atomic E-state index is 11.9. The van der Waals surface area contributed by atoms with Gasteiger partial charge in [-0.3, -0.25) is 4.21 Å². The summed E-state index contributed by atoms with van der Waals surface area (Å²) in [6, 6.07) is 6.47. The molecule has 0 saturated carbocycles. The summed E-state index contributed by atoms with van der Waals surface area (Å²) in [6.45, 7) is 6.27. The molecule has 0 aliphatic carbocycles. The van der Waals surface area contributed by atoms with Crippen LogP contribution >= 0.6 is 0 Å². The Balaban J connectivity index is 2.54. The maximum atomic E-state index is 11.9. The van der Waals surface area contributed by atoms with Gasteiger partial charge in [-0.15, -0.1) is 0 Å². The molecule has 0 radical (unpaired) electrons. The van der Waals surface area contributed by atoms with E-state index < -0.39 is 16.8 Å². The first-order valence-corrected chi connectivity index (χ1v) is 7.64. The molecule has 0 spiro atoms. The van der Waals surface area contributed by atoms with E-state index in [0.717, 1.165) is 0 Å². The Morgan fingerprint density at radius 2 is 1.95 bits per heavy atom. The van der Waals surface area contributed by atoms with Gasteiger partial charge in [-0.2, -0.15) is 0 Å². The van der Waals surface area contributed by atoms with Gasteiger partial charge < -0.3 is 9.84 Å². The zero-order valence-electron chi connectivity index (χ0n) is 11.5. The molecule has 0 amide bonds. The standard InChI is InChI=1S/C14H20O4S/c1-10(2)11(3)19(17)9-8-18-13-7-5-4-6-12(13)14(15)16/h4-7,10-11H,8-9H2,1-3H3,(H,15,16). The number of para-hydroxylation sites is 1. The highest BCUT2D eigenvalue weighted by Crippen LogP contribution is 2.18. The van der Waals surface area contributed by atoms with E-state index in [4.69, 9.17) is 9.84 Å². The smallest absolute Gasteiger partial charge is 0.339 e. The number of hydrogen-bond donors (Lipinski definition) is 1. The molecule has 2 unspecified atom stereocenters. The highest BCUT2D eigenvalue weighted by molar-refractivity contribution is 7.85. The van der Waals surface area contributed by atoms with Crippen molar-refractivity contribution in [2.75, 3.05) is 12.4 Å². The predicted molar refractivity (Wildman–Crippen MR) is 76.2 cm³/mol. The van der Waals surface area contributed by atoms with Crippen LogP contribution < -0.4 is 4.74 Å². The lowest BCUT2D eigenvalue weighted by molar-refractivity contribution is 0.0692. The van der Waals surface area contributed by atoms with Crippen LogP contribution in [-0.4, -0.2) is 32.9 Å². The summed E-state index contributed by atoms with van der Waals surface area (Å²) < 4.78 is 17.3. The lowest BCUT2D eigenvalue weighted by Gasteiger charge is -2.15. The fraction of sp³-hybridized carbons (Fsp3) is 0.500. The molecule has 106 valence electrons. The number of rotatable bonds is 7. The fourth-order valence-corrected chi connectivity index (χ4v) is 2.72. The first-order chi connectivity index (χ1) is 8.93. The molecule has 0 fully saturated rings. The fourth-order valence-electron chi connectivity index (χ4n) is 1.49. The van der Waals surface area contributed by atoms with Crippen LogP contribution in [0.1, 0.15) is 31.1 Å². The van der Waals surface area contributed by atoms with Gasteiger partial charge in [0.2, 0.25) is 0 Å². The van der Waals surface area contributed by atoms with E-state index in [1.54, 1.807) is 18.2 Å². The Bertz CT molecular complexity index is 457. The summed E-state index contributed by atoms with van der Waals surface area (Å²) >= 11 is 0. The van der Waals surface area contributed by atoms with Gasteiger partial charge in [0, 0.05) is 16.0 Å². The van der Waals surface area contributed by atoms with Gasteiger partial charge in [-0.05, 0) is 18.1 Å². The Kier molecular flexibility index (Phi) is 6.02. The first-order valence-electron chi connectivity index (χ1n) is 6.25. The van der Waals surface area contributed by atoms with Crippen LogP contribution in [-0.2, 0) is 10.8 Å². The van der Waals surface area contributed by atoms with Gasteiger partial charge in [0.25, 0.3) is 0 Å². The molecule has 0 heterocycles. The third-order valence-electron chi connectivity index (χ3n) is 3.01. The molecule has 0 aliphatic heterocycles. The van der Waals surface area contributed by atoms with Gasteiger partial charge in [0.05, 0.1) is 12.4 Å². The molecule has 1 N–H and O–H groups in total. The van der Waals surface area contributed by atoms with Crippen LogP contribution in [0.5, 0.6) is 5.75 Å². The lowest BCUT2D eigenvalue weighted by atomic mass is 10.2. The number of benzene rings is 1. The van der Waals surface area contributed by atoms with Crippen LogP contribution in [0, 0.1) is 5.92 Å². The van der Waals surface area contributed by atoms with Crippen molar-refractivity contribution in [1.29, 1.82) is 0 Å². The Hall–Kier alpha value is -1.36. The highest BCUT2D eigenvalue weighted by atomic mass is 32.2. The van der Waals surface area contributed by atoms with Gasteiger partial charge >= 0.3 is 5.97 Å². The van der Waals surface area contributed by atoms with Crippen molar-refractivity contribution in [3.63, 3.8) is 0 Å². The van der Waals surface area contributed by atoms with Crippen molar-refractivity contribution >= 4 is 16.8 Å². The second-order valence-electron chi connectivity index (χ2n) is 4.68. The Morgan fingerprint density at radius 3 is 2.53 bits per heavy atom. The molecule has 0 aromatic heterocycles. The minimum absolute atomic E-state index is 0.110. The van der Waals surface area contributed by atoms with Crippen molar-refractivity contribution in [3.05, 3.63) is 29.8 Å². The van der Waals surface area contributed by atoms with Crippen LogP contribution in [0.15, 0.2) is 24.3 Å². The summed E-state index contributed by atoms with van der Waals surface area (Å²) in [7, 11) is -0.958. The minimum Gasteiger partial charge on any atom is -0.492 e. The normalized spacial score (nSPS) is 14.1. The number of ether oxygens (including phenoxy) is 1. The van der Waals surface area contributed by atoms with Crippen molar-refractivity contribution in [1.82, 2.24) is 0 Å². The molecule has 1 aromatic carbocycles. The average molecular weight is 284 g/mol. The molecular formula is C14H20O4S. The van der Waals surface area contributed by atoms with E-state index in [1.807, 2.05) is 20.8 Å². The van der Waals surface area contributed by atoms with Crippen molar-refractivity contribution in [2.45, 2.75) is 26.0 Å². The summed E-state index contributed by atoms with van der Waals surface area (Å²) in [4.78, 5) is 11.0. The van der Waals surface area contributed by atoms with Gasteiger partial charge in [-0.25, -0.2) is 4.79 Å². The van der Waals surface area contributed by atoms with Gasteiger partial charge in [-0.1, -0.05) is 32.9 Å². The molecule has 0 saturated heterocycles. The summed E-state index contributed by atoms with van der Waals surface area (Å²) in [5, 5.41) is 9.10. The monoisotopic (exact) mass is 284 g/mol. The quantitative estimate of drug-likeness (QED) is 0.835. The predicted octanol–water partition coefficient (Wildman–Crippen LogP) is 2.56. The number of carbonyl (C=O) groups is 1. The van der Waals surface area contributed by atoms with Crippen LogP contribution in [0.3, 0.4) is 0 Å². The third kappa shape index (κ3) is 4.67. The van der Waals surface area contributed by atoms with Crippen LogP contribution in [0.25, 0.3) is 0 Å². The van der Waals surface area contributed by atoms with E-state index in [2.05, 4.69) is 0 Å². The molecule has 4 nitrogen and oxygen atoms in total. The number of carboxylic acid groups (broad SMARTS) is 1. The Morgan fingerprint density at radius 1 is 1.32 bits per heavy atom. The van der Waals surface area contributed by atoms with Gasteiger partial charge in [0.1, 0.15) is 11.3 Å². The molecule has 0 aliphatic rings. The number of hydrogen-bond acceptors (Lipinski definition) is 3. The van der Waals surface area contributed by atoms with Crippen molar-refractivity contribution in [2.24, 2.45) is 5.92 Å². The third-order valence-corrected chi connectivity index (χ3v) is 4.96. The number of aromatic carboxylic acids is 1. The zero-order chi connectivity index (χ0) is 14.4. The topological polar surface area (TPSA) is 63.6 Å². The average Bonchev–Trinajstić information content (AvgIpc) is 2.37. The minimum atomic E-state index is -1.02. The largest absolute Gasteiger partial charge is 0.492 e. The van der Waals surface area contributed by atoms with Gasteiger partial charge in [0.15, 0.2) is 0 Å². The van der Waals surface area contributed by atoms with Crippen molar-refractivity contribution in [3.8, 4) is 5.75 Å². The molecular weight excluding hydrogens is 264 g/mol. The number of carboxylic acids is 1. The van der Waals surface area contributed by atoms with Crippen molar-refractivity contribution < 1.29 is 18.8 Å². The van der Waals surface area contributed by atoms with Crippen LogP contribution in [0.4, 0.5) is 0 Å². The van der Waals surface area contributed by atoms with Crippen LogP contribution in [0.2, 0.25) is 0 Å². The van der Waals surface area contributed by atoms with E-state index in [9.17, 15) is 9.00 Å². The highest BCUT2D eigenvalue weighted by Gasteiger charge is 2.15. The lowest BCUT2D eigenvalue weighted by Crippen LogP contribution is -2.23. The molecule has 5 heteroatoms. The maximum Gasteiger partial charge on any atom is 0.339 e. The van der Waals surface area contributed by atoms with E-state index in [1.165, 1.54) is 6.07 Å². The Labute approximate surface area is 116 Å². The van der Waals surface area contributed by atoms with E-state index in [0.29, 0.717) is 17.4 Å². The second kappa shape index (κ2) is 7.28. The molecule has 0 bridgehead atoms. The molecule has 19 heavy (non-hydrogen) atoms. The first kappa shape index (κ1) is 15.7. The second-order valence-corrected chi connectivity index (χ2v) is 6.60. The summed E-state index contributed by atoms with van der Waals surface area (Å²) in [5.74, 6) is 0.0661. The summed E-state index contributed by atoms with van der Waals surface area (Å²) in [6.07, 6.45) is 0. The molecule has 1 aromatic rings. The summed E-state index contributed by atoms with van der Waals surface area (Å²) in [5.41, 5.74) is 0.130. The SMILES string of the molecule is CC(C)C(C)S(=O)CCOc1ccccc1C(=O)O. The molecule has 2 atom stereocenters. The molecule has 1 rings (SSSR count). The van der Waals surface area contributed by atoms with E-state index >= 15 is 0 Å². The van der Waals surface area contributed by atoms with E-state index in [-0.39, 0.29) is 17.4 Å².